The number of rotatable bonds is 12. The number of fused-ring (bicyclic) bond motifs is 1. The van der Waals surface area contributed by atoms with Crippen LogP contribution in [0.15, 0.2) is 42.5 Å². The van der Waals surface area contributed by atoms with Gasteiger partial charge in [0.2, 0.25) is 0 Å². The zero-order chi connectivity index (χ0) is 26.9. The number of benzene rings is 3. The molecule has 0 unspecified atom stereocenters. The van der Waals surface area contributed by atoms with Crippen molar-refractivity contribution in [1.82, 2.24) is 0 Å². The third-order valence-corrected chi connectivity index (χ3v) is 6.95. The maximum atomic E-state index is 15.2. The number of nitrogens with zero attached hydrogens (tertiary/aromatic N) is 1. The van der Waals surface area contributed by atoms with E-state index in [4.69, 9.17) is 19.5 Å². The van der Waals surface area contributed by atoms with E-state index in [1.165, 1.54) is 25.3 Å². The first-order valence-electron chi connectivity index (χ1n) is 13.4. The highest BCUT2D eigenvalue weighted by molar-refractivity contribution is 5.84. The Balaban J connectivity index is 1.28. The van der Waals surface area contributed by atoms with E-state index in [2.05, 4.69) is 6.92 Å². The van der Waals surface area contributed by atoms with Crippen molar-refractivity contribution in [1.29, 1.82) is 5.26 Å². The highest BCUT2D eigenvalue weighted by atomic mass is 19.1. The molecule has 0 atom stereocenters. The minimum atomic E-state index is -0.899. The van der Waals surface area contributed by atoms with E-state index in [1.54, 1.807) is 12.1 Å². The van der Waals surface area contributed by atoms with Gasteiger partial charge in [0.25, 0.3) is 0 Å². The van der Waals surface area contributed by atoms with Crippen LogP contribution in [-0.2, 0) is 33.5 Å². The van der Waals surface area contributed by atoms with Crippen molar-refractivity contribution >= 4 is 10.8 Å². The molecule has 202 valence electrons. The predicted octanol–water partition coefficient (Wildman–Crippen LogP) is 7.18. The van der Waals surface area contributed by atoms with Gasteiger partial charge in [0.1, 0.15) is 35.2 Å². The Morgan fingerprint density at radius 2 is 1.66 bits per heavy atom. The van der Waals surface area contributed by atoms with Gasteiger partial charge < -0.3 is 14.2 Å². The van der Waals surface area contributed by atoms with Crippen LogP contribution in [0.4, 0.5) is 13.2 Å². The van der Waals surface area contributed by atoms with Crippen molar-refractivity contribution in [2.24, 2.45) is 0 Å². The van der Waals surface area contributed by atoms with Crippen LogP contribution >= 0.6 is 0 Å². The zero-order valence-corrected chi connectivity index (χ0v) is 21.8. The van der Waals surface area contributed by atoms with Crippen LogP contribution in [0.5, 0.6) is 0 Å². The third kappa shape index (κ3) is 7.35. The number of unbranched alkanes of at least 4 members (excludes halogenated alkanes) is 3. The predicted molar refractivity (Wildman–Crippen MR) is 140 cm³/mol. The van der Waals surface area contributed by atoms with Gasteiger partial charge in [-0.2, -0.15) is 5.26 Å². The summed E-state index contributed by atoms with van der Waals surface area (Å²) in [5.74, 6) is -2.13. The summed E-state index contributed by atoms with van der Waals surface area (Å²) in [4.78, 5) is 0. The second kappa shape index (κ2) is 13.7. The quantitative estimate of drug-likeness (QED) is 0.235. The summed E-state index contributed by atoms with van der Waals surface area (Å²) in [5, 5.41) is 10.1. The molecule has 0 radical (unpaired) electrons. The molecule has 7 heteroatoms. The van der Waals surface area contributed by atoms with Gasteiger partial charge in [-0.05, 0) is 59.9 Å². The van der Waals surface area contributed by atoms with Crippen molar-refractivity contribution in [3.63, 3.8) is 0 Å². The van der Waals surface area contributed by atoms with Gasteiger partial charge in [0.05, 0.1) is 13.2 Å². The molecule has 0 bridgehead atoms. The summed E-state index contributed by atoms with van der Waals surface area (Å²) in [6, 6.07) is 13.0. The first kappa shape index (κ1) is 28.1. The van der Waals surface area contributed by atoms with E-state index in [-0.39, 0.29) is 31.1 Å². The van der Waals surface area contributed by atoms with Gasteiger partial charge in [-0.3, -0.25) is 0 Å². The molecule has 4 nitrogen and oxygen atoms in total. The van der Waals surface area contributed by atoms with Crippen LogP contribution in [0.2, 0.25) is 0 Å². The lowest BCUT2D eigenvalue weighted by molar-refractivity contribution is -0.227. The molecule has 1 saturated heterocycles. The molecule has 1 fully saturated rings. The average Bonchev–Trinajstić information content (AvgIpc) is 2.92. The van der Waals surface area contributed by atoms with Crippen LogP contribution in [0.3, 0.4) is 0 Å². The molecule has 1 aliphatic heterocycles. The summed E-state index contributed by atoms with van der Waals surface area (Å²) in [7, 11) is 0. The molecule has 0 spiro atoms. The molecule has 0 N–H and O–H groups in total. The minimum absolute atomic E-state index is 0.0133. The molecular weight excluding hydrogens is 491 g/mol. The van der Waals surface area contributed by atoms with Crippen LogP contribution in [0.25, 0.3) is 10.8 Å². The lowest BCUT2D eigenvalue weighted by Gasteiger charge is -2.29. The smallest absolute Gasteiger partial charge is 0.158 e. The van der Waals surface area contributed by atoms with E-state index in [1.807, 2.05) is 18.2 Å². The second-order valence-corrected chi connectivity index (χ2v) is 9.83. The Hall–Kier alpha value is -2.92. The Kier molecular flexibility index (Phi) is 10.2. The Morgan fingerprint density at radius 3 is 2.37 bits per heavy atom. The summed E-state index contributed by atoms with van der Waals surface area (Å²) in [6.45, 7) is 4.00. The number of ether oxygens (including phenoxy) is 3. The number of hydrogen-bond donors (Lipinski definition) is 0. The third-order valence-electron chi connectivity index (χ3n) is 6.95. The van der Waals surface area contributed by atoms with Crippen molar-refractivity contribution in [3.8, 4) is 6.07 Å². The molecule has 3 aromatic rings. The summed E-state index contributed by atoms with van der Waals surface area (Å²) in [6.07, 6.45) is 6.38. The molecule has 0 aromatic heterocycles. The fourth-order valence-electron chi connectivity index (χ4n) is 4.74. The van der Waals surface area contributed by atoms with Gasteiger partial charge in [-0.1, -0.05) is 56.5 Å². The lowest BCUT2D eigenvalue weighted by atomic mass is 9.97. The molecule has 0 saturated carbocycles. The number of nitriles is 1. The summed E-state index contributed by atoms with van der Waals surface area (Å²) < 4.78 is 60.5. The van der Waals surface area contributed by atoms with Crippen molar-refractivity contribution in [2.75, 3.05) is 19.8 Å². The van der Waals surface area contributed by atoms with Crippen LogP contribution in [0, 0.1) is 28.8 Å². The molecule has 4 rings (SSSR count). The highest BCUT2D eigenvalue weighted by Crippen LogP contribution is 2.25. The molecule has 38 heavy (non-hydrogen) atoms. The lowest BCUT2D eigenvalue weighted by Crippen LogP contribution is -2.37. The summed E-state index contributed by atoms with van der Waals surface area (Å²) >= 11 is 0. The molecule has 0 amide bonds. The monoisotopic (exact) mass is 525 g/mol. The molecule has 0 aliphatic carbocycles. The van der Waals surface area contributed by atoms with Crippen molar-refractivity contribution < 1.29 is 27.4 Å². The van der Waals surface area contributed by atoms with Gasteiger partial charge in [0.15, 0.2) is 6.29 Å². The van der Waals surface area contributed by atoms with Crippen molar-refractivity contribution in [3.05, 3.63) is 82.2 Å². The first-order valence-corrected chi connectivity index (χ1v) is 13.4. The highest BCUT2D eigenvalue weighted by Gasteiger charge is 2.22. The first-order chi connectivity index (χ1) is 18.5. The Labute approximate surface area is 222 Å². The Bertz CT molecular complexity index is 1240. The molecule has 3 aromatic carbocycles. The fourth-order valence-corrected chi connectivity index (χ4v) is 4.74. The topological polar surface area (TPSA) is 51.5 Å². The number of hydrogen-bond acceptors (Lipinski definition) is 4. The standard InChI is InChI=1S/C31H34F3NO3/c1-2-3-4-5-14-36-25-19-37-30(38-20-25)13-8-21-7-12-26-24(15-21)11-10-23(31(26)34)9-6-22-16-28(32)27(18-35)29(33)17-22/h7,10-12,15-17,25,30H,2-6,8-9,13-14,19-20H2,1H3. The molecule has 1 aliphatic rings. The van der Waals surface area contributed by atoms with Crippen molar-refractivity contribution in [2.45, 2.75) is 70.7 Å². The fraction of sp³-hybridized carbons (Fsp3) is 0.452. The number of halogens is 3. The average molecular weight is 526 g/mol. The van der Waals surface area contributed by atoms with E-state index in [0.717, 1.165) is 42.5 Å². The normalized spacial score (nSPS) is 17.6. The van der Waals surface area contributed by atoms with E-state index < -0.39 is 17.2 Å². The molecular formula is C31H34F3NO3. The minimum Gasteiger partial charge on any atom is -0.373 e. The largest absolute Gasteiger partial charge is 0.373 e. The second-order valence-electron chi connectivity index (χ2n) is 9.83. The SMILES string of the molecule is CCCCCCOC1COC(CCc2ccc3c(F)c(CCc4cc(F)c(C#N)c(F)c4)ccc3c2)OC1. The van der Waals surface area contributed by atoms with E-state index >= 15 is 4.39 Å². The van der Waals surface area contributed by atoms with Crippen LogP contribution in [-0.4, -0.2) is 32.2 Å². The van der Waals surface area contributed by atoms with Gasteiger partial charge in [-0.25, -0.2) is 13.2 Å². The van der Waals surface area contributed by atoms with Gasteiger partial charge >= 0.3 is 0 Å². The van der Waals surface area contributed by atoms with Crippen LogP contribution in [0.1, 0.15) is 61.3 Å². The maximum Gasteiger partial charge on any atom is 0.158 e. The van der Waals surface area contributed by atoms with Gasteiger partial charge in [0, 0.05) is 18.4 Å². The Morgan fingerprint density at radius 1 is 0.895 bits per heavy atom. The van der Waals surface area contributed by atoms with Gasteiger partial charge in [-0.15, -0.1) is 0 Å². The number of aryl methyl sites for hydroxylation is 3. The summed E-state index contributed by atoms with van der Waals surface area (Å²) in [5.41, 5.74) is 1.32. The zero-order valence-electron chi connectivity index (χ0n) is 21.8. The van der Waals surface area contributed by atoms with Crippen LogP contribution < -0.4 is 0 Å². The molecule has 1 heterocycles. The maximum absolute atomic E-state index is 15.2. The van der Waals surface area contributed by atoms with E-state index in [0.29, 0.717) is 36.1 Å². The van der Waals surface area contributed by atoms with E-state index in [9.17, 15) is 8.78 Å².